The fourth-order valence-electron chi connectivity index (χ4n) is 0.946. The Hall–Kier alpha value is -1.14. The molecule has 0 aliphatic rings. The Balaban J connectivity index is 4.00. The zero-order valence-electron chi connectivity index (χ0n) is 8.97. The van der Waals surface area contributed by atoms with Crippen molar-refractivity contribution in [2.75, 3.05) is 6.61 Å². The van der Waals surface area contributed by atoms with Crippen LogP contribution in [0.3, 0.4) is 0 Å². The van der Waals surface area contributed by atoms with Gasteiger partial charge in [-0.2, -0.15) is 0 Å². The molecule has 0 aliphatic heterocycles. The lowest BCUT2D eigenvalue weighted by molar-refractivity contribution is -0.161. The molecule has 6 heteroatoms. The lowest BCUT2D eigenvalue weighted by atomic mass is 10.1. The van der Waals surface area contributed by atoms with E-state index in [2.05, 4.69) is 9.47 Å². The van der Waals surface area contributed by atoms with Crippen LogP contribution in [-0.2, 0) is 19.1 Å². The van der Waals surface area contributed by atoms with Crippen molar-refractivity contribution < 1.29 is 29.3 Å². The smallest absolute Gasteiger partial charge is 0.302 e. The van der Waals surface area contributed by atoms with Crippen molar-refractivity contribution in [3.8, 4) is 0 Å². The molecule has 0 aromatic rings. The maximum atomic E-state index is 10.5. The summed E-state index contributed by atoms with van der Waals surface area (Å²) in [7, 11) is 0. The topological polar surface area (TPSA) is 93.1 Å². The fraction of sp³-hybridized carbons (Fsp3) is 0.778. The van der Waals surface area contributed by atoms with E-state index in [0.717, 1.165) is 0 Å². The Labute approximate surface area is 87.8 Å². The molecule has 0 bridgehead atoms. The number of esters is 2. The van der Waals surface area contributed by atoms with Crippen LogP contribution in [0.4, 0.5) is 0 Å². The van der Waals surface area contributed by atoms with Gasteiger partial charge >= 0.3 is 11.9 Å². The molecule has 3 atom stereocenters. The summed E-state index contributed by atoms with van der Waals surface area (Å²) in [6.45, 7) is 3.49. The van der Waals surface area contributed by atoms with Crippen LogP contribution < -0.4 is 0 Å². The van der Waals surface area contributed by atoms with Crippen molar-refractivity contribution in [1.29, 1.82) is 0 Å². The summed E-state index contributed by atoms with van der Waals surface area (Å²) in [4.78, 5) is 21.0. The maximum Gasteiger partial charge on any atom is 0.302 e. The van der Waals surface area contributed by atoms with Gasteiger partial charge in [-0.3, -0.25) is 9.59 Å². The molecule has 0 rings (SSSR count). The molecule has 0 fully saturated rings. The van der Waals surface area contributed by atoms with E-state index in [-0.39, 0.29) is 6.61 Å². The molecule has 0 spiro atoms. The molecule has 0 radical (unpaired) electrons. The highest BCUT2D eigenvalue weighted by Crippen LogP contribution is 2.05. The number of rotatable bonds is 5. The summed E-state index contributed by atoms with van der Waals surface area (Å²) >= 11 is 0. The Morgan fingerprint density at radius 2 is 1.73 bits per heavy atom. The lowest BCUT2D eigenvalue weighted by Crippen LogP contribution is -2.40. The maximum absolute atomic E-state index is 10.5. The van der Waals surface area contributed by atoms with Crippen molar-refractivity contribution in [1.82, 2.24) is 0 Å². The van der Waals surface area contributed by atoms with E-state index < -0.39 is 30.3 Å². The molecule has 0 aromatic heterocycles. The van der Waals surface area contributed by atoms with Gasteiger partial charge < -0.3 is 19.7 Å². The number of aliphatic hydroxyl groups is 2. The van der Waals surface area contributed by atoms with Crippen molar-refractivity contribution in [3.05, 3.63) is 0 Å². The molecule has 0 aromatic carbocycles. The minimum absolute atomic E-state index is 0.331. The zero-order valence-corrected chi connectivity index (χ0v) is 8.97. The Kier molecular flexibility index (Phi) is 5.88. The number of aliphatic hydroxyl groups excluding tert-OH is 2. The summed E-state index contributed by atoms with van der Waals surface area (Å²) in [6.07, 6.45) is -3.41. The van der Waals surface area contributed by atoms with Gasteiger partial charge in [0, 0.05) is 13.8 Å². The highest BCUT2D eigenvalue weighted by Gasteiger charge is 2.25. The summed E-state index contributed by atoms with van der Waals surface area (Å²) in [5, 5.41) is 18.8. The Morgan fingerprint density at radius 3 is 2.13 bits per heavy atom. The summed E-state index contributed by atoms with van der Waals surface area (Å²) < 4.78 is 9.14. The monoisotopic (exact) mass is 220 g/mol. The molecule has 0 saturated heterocycles. The van der Waals surface area contributed by atoms with Gasteiger partial charge in [-0.15, -0.1) is 0 Å². The van der Waals surface area contributed by atoms with Crippen molar-refractivity contribution in [2.45, 2.75) is 39.1 Å². The first-order valence-corrected chi connectivity index (χ1v) is 4.51. The first-order valence-electron chi connectivity index (χ1n) is 4.51. The SMILES string of the molecule is CC(=O)OCC(O)C(O)C(C)OC(C)=O. The van der Waals surface area contributed by atoms with Crippen LogP contribution in [0.1, 0.15) is 20.8 Å². The summed E-state index contributed by atoms with van der Waals surface area (Å²) in [5.41, 5.74) is 0. The summed E-state index contributed by atoms with van der Waals surface area (Å²) in [6, 6.07) is 0. The molecule has 15 heavy (non-hydrogen) atoms. The van der Waals surface area contributed by atoms with Gasteiger partial charge in [-0.05, 0) is 6.92 Å². The molecule has 0 aliphatic carbocycles. The second-order valence-corrected chi connectivity index (χ2v) is 3.18. The van der Waals surface area contributed by atoms with Crippen LogP contribution in [0.15, 0.2) is 0 Å². The second-order valence-electron chi connectivity index (χ2n) is 3.18. The Morgan fingerprint density at radius 1 is 1.20 bits per heavy atom. The molecule has 6 nitrogen and oxygen atoms in total. The average Bonchev–Trinajstić information content (AvgIpc) is 2.11. The predicted octanol–water partition coefficient (Wildman–Crippen LogP) is -0.777. The van der Waals surface area contributed by atoms with E-state index in [4.69, 9.17) is 0 Å². The third-order valence-electron chi connectivity index (χ3n) is 1.68. The first kappa shape index (κ1) is 13.9. The standard InChI is InChI=1S/C9H16O6/c1-5(15-7(3)11)9(13)8(12)4-14-6(2)10/h5,8-9,12-13H,4H2,1-3H3. The van der Waals surface area contributed by atoms with Gasteiger partial charge in [-0.1, -0.05) is 0 Å². The highest BCUT2D eigenvalue weighted by atomic mass is 16.6. The third-order valence-corrected chi connectivity index (χ3v) is 1.68. The van der Waals surface area contributed by atoms with Gasteiger partial charge in [-0.25, -0.2) is 0 Å². The Bertz CT molecular complexity index is 227. The molecule has 2 N–H and O–H groups in total. The molecular weight excluding hydrogens is 204 g/mol. The van der Waals surface area contributed by atoms with E-state index in [1.165, 1.54) is 20.8 Å². The van der Waals surface area contributed by atoms with Gasteiger partial charge in [0.25, 0.3) is 0 Å². The van der Waals surface area contributed by atoms with E-state index in [1.807, 2.05) is 0 Å². The van der Waals surface area contributed by atoms with Crippen molar-refractivity contribution in [2.24, 2.45) is 0 Å². The predicted molar refractivity (Wildman–Crippen MR) is 49.9 cm³/mol. The molecular formula is C9H16O6. The molecule has 88 valence electrons. The van der Waals surface area contributed by atoms with E-state index in [0.29, 0.717) is 0 Å². The van der Waals surface area contributed by atoms with Gasteiger partial charge in [0.1, 0.15) is 24.9 Å². The van der Waals surface area contributed by atoms with Gasteiger partial charge in [0.05, 0.1) is 0 Å². The molecule has 0 amide bonds. The number of hydrogen-bond donors (Lipinski definition) is 2. The number of carbonyl (C=O) groups excluding carboxylic acids is 2. The minimum Gasteiger partial charge on any atom is -0.463 e. The van der Waals surface area contributed by atoms with Gasteiger partial charge in [0.15, 0.2) is 0 Å². The lowest BCUT2D eigenvalue weighted by Gasteiger charge is -2.22. The molecule has 3 unspecified atom stereocenters. The van der Waals surface area contributed by atoms with Crippen LogP contribution in [-0.4, -0.2) is 47.1 Å². The number of carbonyl (C=O) groups is 2. The van der Waals surface area contributed by atoms with Gasteiger partial charge in [0.2, 0.25) is 0 Å². The molecule has 0 saturated carbocycles. The summed E-state index contributed by atoms with van der Waals surface area (Å²) in [5.74, 6) is -1.11. The quantitative estimate of drug-likeness (QED) is 0.590. The minimum atomic E-state index is -1.28. The third kappa shape index (κ3) is 6.03. The van der Waals surface area contributed by atoms with Crippen LogP contribution in [0.5, 0.6) is 0 Å². The average molecular weight is 220 g/mol. The normalized spacial score (nSPS) is 16.3. The van der Waals surface area contributed by atoms with E-state index in [1.54, 1.807) is 0 Å². The second kappa shape index (κ2) is 6.36. The van der Waals surface area contributed by atoms with Crippen LogP contribution in [0.2, 0.25) is 0 Å². The van der Waals surface area contributed by atoms with Crippen LogP contribution in [0, 0.1) is 0 Å². The number of ether oxygens (including phenoxy) is 2. The van der Waals surface area contributed by atoms with Crippen LogP contribution in [0.25, 0.3) is 0 Å². The van der Waals surface area contributed by atoms with E-state index in [9.17, 15) is 19.8 Å². The van der Waals surface area contributed by atoms with Crippen molar-refractivity contribution in [3.63, 3.8) is 0 Å². The zero-order chi connectivity index (χ0) is 12.0. The van der Waals surface area contributed by atoms with Crippen molar-refractivity contribution >= 4 is 11.9 Å². The largest absolute Gasteiger partial charge is 0.463 e. The highest BCUT2D eigenvalue weighted by molar-refractivity contribution is 5.66. The first-order chi connectivity index (χ1) is 6.84. The number of hydrogen-bond acceptors (Lipinski definition) is 6. The van der Waals surface area contributed by atoms with Crippen LogP contribution >= 0.6 is 0 Å². The fourth-order valence-corrected chi connectivity index (χ4v) is 0.946. The molecule has 0 heterocycles. The van der Waals surface area contributed by atoms with E-state index >= 15 is 0 Å².